The molecule has 25 heavy (non-hydrogen) atoms. The molecule has 1 saturated heterocycles. The molecule has 6 heteroatoms. The number of carbonyl (C=O) groups excluding carboxylic acids is 1. The van der Waals surface area contributed by atoms with Gasteiger partial charge in [0.25, 0.3) is 10.0 Å². The second-order valence-electron chi connectivity index (χ2n) is 6.35. The third-order valence-corrected chi connectivity index (χ3v) is 5.78. The van der Waals surface area contributed by atoms with Gasteiger partial charge in [0.15, 0.2) is 0 Å². The number of likely N-dealkylation sites (tertiary alicyclic amines) is 1. The summed E-state index contributed by atoms with van der Waals surface area (Å²) in [7, 11) is -3.60. The lowest BCUT2D eigenvalue weighted by atomic mass is 10.1. The van der Waals surface area contributed by atoms with Crippen molar-refractivity contribution in [2.24, 2.45) is 0 Å². The van der Waals surface area contributed by atoms with Crippen LogP contribution in [0.25, 0.3) is 0 Å². The third-order valence-electron chi connectivity index (χ3n) is 4.38. The standard InChI is InChI=1S/C19H22N2O3S/c1-15-4-8-17(9-5-15)20-25(23,24)18-10-6-16(7-11-18)12-14-21-13-2-3-19(21)22/h4-11,20H,2-3,12-14H2,1H3. The van der Waals surface area contributed by atoms with Gasteiger partial charge in [-0.3, -0.25) is 9.52 Å². The van der Waals surface area contributed by atoms with Crippen molar-refractivity contribution in [2.75, 3.05) is 17.8 Å². The van der Waals surface area contributed by atoms with E-state index in [2.05, 4.69) is 4.72 Å². The predicted octanol–water partition coefficient (Wildman–Crippen LogP) is 2.96. The van der Waals surface area contributed by atoms with Crippen molar-refractivity contribution >= 4 is 21.6 Å². The van der Waals surface area contributed by atoms with Gasteiger partial charge >= 0.3 is 0 Å². The van der Waals surface area contributed by atoms with Gasteiger partial charge in [-0.05, 0) is 49.6 Å². The lowest BCUT2D eigenvalue weighted by Crippen LogP contribution is -2.26. The van der Waals surface area contributed by atoms with E-state index >= 15 is 0 Å². The summed E-state index contributed by atoms with van der Waals surface area (Å²) in [5.41, 5.74) is 2.64. The Morgan fingerprint density at radius 1 is 1.04 bits per heavy atom. The van der Waals surface area contributed by atoms with E-state index in [9.17, 15) is 13.2 Å². The van der Waals surface area contributed by atoms with Crippen LogP contribution in [0, 0.1) is 6.92 Å². The average molecular weight is 358 g/mol. The van der Waals surface area contributed by atoms with Crippen molar-refractivity contribution in [1.29, 1.82) is 0 Å². The van der Waals surface area contributed by atoms with E-state index in [0.717, 1.165) is 30.5 Å². The highest BCUT2D eigenvalue weighted by atomic mass is 32.2. The molecule has 2 aromatic rings. The van der Waals surface area contributed by atoms with E-state index in [-0.39, 0.29) is 10.8 Å². The first-order chi connectivity index (χ1) is 11.9. The van der Waals surface area contributed by atoms with Gasteiger partial charge in [-0.15, -0.1) is 0 Å². The number of sulfonamides is 1. The maximum Gasteiger partial charge on any atom is 0.261 e. The quantitative estimate of drug-likeness (QED) is 0.863. The van der Waals surface area contributed by atoms with Crippen LogP contribution in [0.5, 0.6) is 0 Å². The minimum absolute atomic E-state index is 0.210. The lowest BCUT2D eigenvalue weighted by molar-refractivity contribution is -0.127. The van der Waals surface area contributed by atoms with E-state index in [4.69, 9.17) is 0 Å². The molecule has 1 aliphatic heterocycles. The number of nitrogens with zero attached hydrogens (tertiary/aromatic N) is 1. The van der Waals surface area contributed by atoms with Crippen molar-refractivity contribution in [3.63, 3.8) is 0 Å². The molecule has 0 spiro atoms. The molecule has 0 aliphatic carbocycles. The first-order valence-electron chi connectivity index (χ1n) is 8.40. The fourth-order valence-electron chi connectivity index (χ4n) is 2.88. The molecule has 1 aliphatic rings. The summed E-state index contributed by atoms with van der Waals surface area (Å²) in [6.07, 6.45) is 2.31. The first-order valence-corrected chi connectivity index (χ1v) is 9.88. The zero-order valence-electron chi connectivity index (χ0n) is 14.2. The molecule has 0 aromatic heterocycles. The van der Waals surface area contributed by atoms with Gasteiger partial charge in [-0.2, -0.15) is 0 Å². The average Bonchev–Trinajstić information content (AvgIpc) is 3.00. The molecule has 2 aromatic carbocycles. The van der Waals surface area contributed by atoms with E-state index in [1.807, 2.05) is 36.1 Å². The predicted molar refractivity (Wildman–Crippen MR) is 97.9 cm³/mol. The fraction of sp³-hybridized carbons (Fsp3) is 0.316. The van der Waals surface area contributed by atoms with Crippen molar-refractivity contribution in [1.82, 2.24) is 4.90 Å². The normalized spacial score (nSPS) is 14.8. The Kier molecular flexibility index (Phi) is 5.08. The second kappa shape index (κ2) is 7.27. The van der Waals surface area contributed by atoms with Crippen LogP contribution in [0.2, 0.25) is 0 Å². The van der Waals surface area contributed by atoms with Crippen molar-refractivity contribution in [3.05, 3.63) is 59.7 Å². The van der Waals surface area contributed by atoms with Gasteiger partial charge in [0.2, 0.25) is 5.91 Å². The molecule has 1 N–H and O–H groups in total. The molecule has 0 radical (unpaired) electrons. The van der Waals surface area contributed by atoms with Crippen molar-refractivity contribution < 1.29 is 13.2 Å². The monoisotopic (exact) mass is 358 g/mol. The Hall–Kier alpha value is -2.34. The summed E-state index contributed by atoms with van der Waals surface area (Å²) in [4.78, 5) is 13.7. The van der Waals surface area contributed by atoms with Crippen molar-refractivity contribution in [3.8, 4) is 0 Å². The molecule has 1 fully saturated rings. The highest BCUT2D eigenvalue weighted by Crippen LogP contribution is 2.18. The largest absolute Gasteiger partial charge is 0.342 e. The van der Waals surface area contributed by atoms with Gasteiger partial charge < -0.3 is 4.90 Å². The number of rotatable bonds is 6. The van der Waals surface area contributed by atoms with Crippen LogP contribution in [0.3, 0.4) is 0 Å². The summed E-state index contributed by atoms with van der Waals surface area (Å²) in [5.74, 6) is 0.210. The summed E-state index contributed by atoms with van der Waals surface area (Å²) in [6, 6.07) is 14.0. The Bertz CT molecular complexity index is 843. The van der Waals surface area contributed by atoms with Gasteiger partial charge in [-0.25, -0.2) is 8.42 Å². The maximum atomic E-state index is 12.4. The molecule has 3 rings (SSSR count). The highest BCUT2D eigenvalue weighted by molar-refractivity contribution is 7.92. The van der Waals surface area contributed by atoms with E-state index < -0.39 is 10.0 Å². The molecule has 1 heterocycles. The minimum atomic E-state index is -3.60. The SMILES string of the molecule is Cc1ccc(NS(=O)(=O)c2ccc(CCN3CCCC3=O)cc2)cc1. The van der Waals surface area contributed by atoms with Gasteiger partial charge in [0, 0.05) is 25.2 Å². The zero-order chi connectivity index (χ0) is 17.9. The molecular formula is C19H22N2O3S. The van der Waals surface area contributed by atoms with Crippen LogP contribution < -0.4 is 4.72 Å². The lowest BCUT2D eigenvalue weighted by Gasteiger charge is -2.15. The first kappa shape index (κ1) is 17.5. The highest BCUT2D eigenvalue weighted by Gasteiger charge is 2.19. The summed E-state index contributed by atoms with van der Waals surface area (Å²) in [6.45, 7) is 3.46. The molecule has 132 valence electrons. The number of nitrogens with one attached hydrogen (secondary N) is 1. The van der Waals surface area contributed by atoms with Crippen LogP contribution >= 0.6 is 0 Å². The zero-order valence-corrected chi connectivity index (χ0v) is 15.1. The van der Waals surface area contributed by atoms with E-state index in [1.54, 1.807) is 24.3 Å². The molecule has 0 saturated carbocycles. The number of benzene rings is 2. The Morgan fingerprint density at radius 3 is 2.32 bits per heavy atom. The van der Waals surface area contributed by atoms with Crippen LogP contribution in [0.4, 0.5) is 5.69 Å². The maximum absolute atomic E-state index is 12.4. The summed E-state index contributed by atoms with van der Waals surface area (Å²) < 4.78 is 27.5. The van der Waals surface area contributed by atoms with E-state index in [1.165, 1.54) is 0 Å². The van der Waals surface area contributed by atoms with Crippen LogP contribution in [0.15, 0.2) is 53.4 Å². The number of carbonyl (C=O) groups is 1. The number of amides is 1. The topological polar surface area (TPSA) is 66.5 Å². The van der Waals surface area contributed by atoms with Gasteiger partial charge in [-0.1, -0.05) is 29.8 Å². The molecule has 0 bridgehead atoms. The fourth-order valence-corrected chi connectivity index (χ4v) is 3.93. The summed E-state index contributed by atoms with van der Waals surface area (Å²) in [5, 5.41) is 0. The number of hydrogen-bond donors (Lipinski definition) is 1. The third kappa shape index (κ3) is 4.39. The van der Waals surface area contributed by atoms with Gasteiger partial charge in [0.1, 0.15) is 0 Å². The molecular weight excluding hydrogens is 336 g/mol. The Morgan fingerprint density at radius 2 is 1.72 bits per heavy atom. The second-order valence-corrected chi connectivity index (χ2v) is 8.03. The van der Waals surface area contributed by atoms with Crippen LogP contribution in [-0.2, 0) is 21.2 Å². The molecule has 1 amide bonds. The molecule has 0 unspecified atom stereocenters. The Balaban J connectivity index is 1.64. The number of hydrogen-bond acceptors (Lipinski definition) is 3. The van der Waals surface area contributed by atoms with Crippen LogP contribution in [0.1, 0.15) is 24.0 Å². The number of anilines is 1. The minimum Gasteiger partial charge on any atom is -0.342 e. The summed E-state index contributed by atoms with van der Waals surface area (Å²) >= 11 is 0. The molecule has 0 atom stereocenters. The number of aryl methyl sites for hydroxylation is 1. The van der Waals surface area contributed by atoms with E-state index in [0.29, 0.717) is 18.7 Å². The van der Waals surface area contributed by atoms with Gasteiger partial charge in [0.05, 0.1) is 4.90 Å². The Labute approximate surface area is 148 Å². The van der Waals surface area contributed by atoms with Crippen molar-refractivity contribution in [2.45, 2.75) is 31.1 Å². The smallest absolute Gasteiger partial charge is 0.261 e. The van der Waals surface area contributed by atoms with Crippen LogP contribution in [-0.4, -0.2) is 32.3 Å². The molecule has 5 nitrogen and oxygen atoms in total.